The van der Waals surface area contributed by atoms with E-state index in [0.29, 0.717) is 6.42 Å². The van der Waals surface area contributed by atoms with E-state index in [4.69, 9.17) is 5.11 Å². The van der Waals surface area contributed by atoms with Crippen LogP contribution in [0.2, 0.25) is 0 Å². The fourth-order valence-electron chi connectivity index (χ4n) is 2.38. The molecule has 2 aromatic rings. The van der Waals surface area contributed by atoms with Gasteiger partial charge in [-0.2, -0.15) is 0 Å². The summed E-state index contributed by atoms with van der Waals surface area (Å²) in [6, 6.07) is 14.1. The minimum absolute atomic E-state index is 0.0689. The summed E-state index contributed by atoms with van der Waals surface area (Å²) in [6.07, 6.45) is 0.685. The first kappa shape index (κ1) is 12.5. The fraction of sp³-hybridized carbons (Fsp3) is 0.267. The molecule has 2 aromatic carbocycles. The van der Waals surface area contributed by atoms with Gasteiger partial charge in [0.25, 0.3) is 0 Å². The Hall–Kier alpha value is -1.52. The van der Waals surface area contributed by atoms with Crippen LogP contribution in [0.5, 0.6) is 0 Å². The standard InChI is InChI=1S/C15H15NO2S/c17-15(18)13-7-8-19-14(16-13)12-6-5-10-3-1-2-4-11(10)9-12/h1-6,9,13-14,16H,7-8H2,(H,17,18). The molecule has 2 unspecified atom stereocenters. The summed E-state index contributed by atoms with van der Waals surface area (Å²) < 4.78 is 0. The molecular formula is C15H15NO2S. The third kappa shape index (κ3) is 2.60. The summed E-state index contributed by atoms with van der Waals surface area (Å²) in [5.74, 6) is 0.118. The number of hydrogen-bond acceptors (Lipinski definition) is 3. The molecule has 98 valence electrons. The maximum atomic E-state index is 11.1. The van der Waals surface area contributed by atoms with Crippen LogP contribution in [0, 0.1) is 0 Å². The molecule has 1 aliphatic rings. The zero-order valence-electron chi connectivity index (χ0n) is 10.4. The van der Waals surface area contributed by atoms with Crippen LogP contribution in [-0.2, 0) is 4.79 Å². The Kier molecular flexibility index (Phi) is 3.44. The van der Waals surface area contributed by atoms with E-state index in [9.17, 15) is 4.79 Å². The lowest BCUT2D eigenvalue weighted by Gasteiger charge is -2.28. The topological polar surface area (TPSA) is 49.3 Å². The van der Waals surface area contributed by atoms with Crippen molar-refractivity contribution in [3.05, 3.63) is 48.0 Å². The second-order valence-electron chi connectivity index (χ2n) is 4.70. The minimum Gasteiger partial charge on any atom is -0.480 e. The summed E-state index contributed by atoms with van der Waals surface area (Å²) in [6.45, 7) is 0. The van der Waals surface area contributed by atoms with Crippen LogP contribution in [0.4, 0.5) is 0 Å². The maximum absolute atomic E-state index is 11.1. The molecule has 0 bridgehead atoms. The molecule has 0 saturated carbocycles. The summed E-state index contributed by atoms with van der Waals surface area (Å²) in [5, 5.41) is 14.8. The van der Waals surface area contributed by atoms with Gasteiger partial charge in [-0.25, -0.2) is 0 Å². The van der Waals surface area contributed by atoms with Gasteiger partial charge in [-0.3, -0.25) is 10.1 Å². The Morgan fingerprint density at radius 1 is 1.21 bits per heavy atom. The Labute approximate surface area is 116 Å². The van der Waals surface area contributed by atoms with Gasteiger partial charge in [-0.05, 0) is 34.6 Å². The lowest BCUT2D eigenvalue weighted by Crippen LogP contribution is -2.41. The summed E-state index contributed by atoms with van der Waals surface area (Å²) in [4.78, 5) is 11.1. The first-order valence-electron chi connectivity index (χ1n) is 6.33. The number of nitrogens with one attached hydrogen (secondary N) is 1. The Morgan fingerprint density at radius 3 is 2.79 bits per heavy atom. The lowest BCUT2D eigenvalue weighted by atomic mass is 10.1. The highest BCUT2D eigenvalue weighted by Crippen LogP contribution is 2.33. The van der Waals surface area contributed by atoms with Crippen molar-refractivity contribution in [2.75, 3.05) is 5.75 Å². The number of benzene rings is 2. The number of fused-ring (bicyclic) bond motifs is 1. The van der Waals surface area contributed by atoms with Crippen molar-refractivity contribution in [2.24, 2.45) is 0 Å². The van der Waals surface area contributed by atoms with E-state index in [1.807, 2.05) is 12.1 Å². The van der Waals surface area contributed by atoms with E-state index in [2.05, 4.69) is 35.6 Å². The summed E-state index contributed by atoms with van der Waals surface area (Å²) in [7, 11) is 0. The third-order valence-electron chi connectivity index (χ3n) is 3.42. The molecule has 3 rings (SSSR count). The van der Waals surface area contributed by atoms with Gasteiger partial charge >= 0.3 is 5.97 Å². The summed E-state index contributed by atoms with van der Waals surface area (Å²) in [5.41, 5.74) is 1.15. The van der Waals surface area contributed by atoms with Crippen molar-refractivity contribution in [2.45, 2.75) is 17.8 Å². The molecule has 0 amide bonds. The van der Waals surface area contributed by atoms with Crippen LogP contribution in [0.15, 0.2) is 42.5 Å². The molecule has 1 fully saturated rings. The fourth-order valence-corrected chi connectivity index (χ4v) is 3.58. The van der Waals surface area contributed by atoms with Crippen LogP contribution >= 0.6 is 11.8 Å². The van der Waals surface area contributed by atoms with Crippen LogP contribution in [-0.4, -0.2) is 22.9 Å². The van der Waals surface area contributed by atoms with Crippen molar-refractivity contribution in [1.29, 1.82) is 0 Å². The molecule has 0 aromatic heterocycles. The Balaban J connectivity index is 1.89. The van der Waals surface area contributed by atoms with E-state index < -0.39 is 12.0 Å². The smallest absolute Gasteiger partial charge is 0.320 e. The van der Waals surface area contributed by atoms with E-state index in [1.54, 1.807) is 11.8 Å². The second kappa shape index (κ2) is 5.23. The maximum Gasteiger partial charge on any atom is 0.320 e. The Bertz CT molecular complexity index is 614. The van der Waals surface area contributed by atoms with Gasteiger partial charge in [0.2, 0.25) is 0 Å². The van der Waals surface area contributed by atoms with Crippen LogP contribution in [0.3, 0.4) is 0 Å². The van der Waals surface area contributed by atoms with Gasteiger partial charge in [0, 0.05) is 0 Å². The number of carbonyl (C=O) groups is 1. The molecule has 0 radical (unpaired) electrons. The van der Waals surface area contributed by atoms with Gasteiger partial charge < -0.3 is 5.11 Å². The van der Waals surface area contributed by atoms with Crippen LogP contribution in [0.1, 0.15) is 17.4 Å². The number of thioether (sulfide) groups is 1. The molecule has 19 heavy (non-hydrogen) atoms. The lowest BCUT2D eigenvalue weighted by molar-refractivity contribution is -0.139. The van der Waals surface area contributed by atoms with Gasteiger partial charge in [0.1, 0.15) is 6.04 Å². The second-order valence-corrected chi connectivity index (χ2v) is 5.92. The van der Waals surface area contributed by atoms with Crippen LogP contribution in [0.25, 0.3) is 10.8 Å². The highest BCUT2D eigenvalue weighted by molar-refractivity contribution is 7.99. The van der Waals surface area contributed by atoms with Gasteiger partial charge in [-0.1, -0.05) is 36.4 Å². The molecule has 0 aliphatic carbocycles. The van der Waals surface area contributed by atoms with Crippen molar-refractivity contribution < 1.29 is 9.90 Å². The normalized spacial score (nSPS) is 23.4. The van der Waals surface area contributed by atoms with E-state index in [1.165, 1.54) is 10.8 Å². The number of carboxylic acid groups (broad SMARTS) is 1. The number of rotatable bonds is 2. The van der Waals surface area contributed by atoms with Gasteiger partial charge in [0.15, 0.2) is 0 Å². The molecular weight excluding hydrogens is 258 g/mol. The molecule has 1 heterocycles. The van der Waals surface area contributed by atoms with Crippen LogP contribution < -0.4 is 5.32 Å². The quantitative estimate of drug-likeness (QED) is 0.883. The number of hydrogen-bond donors (Lipinski definition) is 2. The largest absolute Gasteiger partial charge is 0.480 e. The minimum atomic E-state index is -0.758. The van der Waals surface area contributed by atoms with Gasteiger partial charge in [0.05, 0.1) is 5.37 Å². The third-order valence-corrected chi connectivity index (χ3v) is 4.63. The monoisotopic (exact) mass is 273 g/mol. The highest BCUT2D eigenvalue weighted by atomic mass is 32.2. The predicted octanol–water partition coefficient (Wildman–Crippen LogP) is 3.02. The number of carboxylic acids is 1. The Morgan fingerprint density at radius 2 is 2.00 bits per heavy atom. The zero-order chi connectivity index (χ0) is 13.2. The molecule has 0 spiro atoms. The van der Waals surface area contributed by atoms with Crippen molar-refractivity contribution in [3.8, 4) is 0 Å². The predicted molar refractivity (Wildman–Crippen MR) is 78.3 cm³/mol. The first-order chi connectivity index (χ1) is 9.24. The number of aliphatic carboxylic acids is 1. The molecule has 1 saturated heterocycles. The average molecular weight is 273 g/mol. The molecule has 1 aliphatic heterocycles. The van der Waals surface area contributed by atoms with E-state index >= 15 is 0 Å². The highest BCUT2D eigenvalue weighted by Gasteiger charge is 2.27. The molecule has 4 heteroatoms. The van der Waals surface area contributed by atoms with Crippen molar-refractivity contribution in [3.63, 3.8) is 0 Å². The average Bonchev–Trinajstić information content (AvgIpc) is 2.47. The van der Waals surface area contributed by atoms with Crippen molar-refractivity contribution in [1.82, 2.24) is 5.32 Å². The van der Waals surface area contributed by atoms with E-state index in [-0.39, 0.29) is 5.37 Å². The van der Waals surface area contributed by atoms with E-state index in [0.717, 1.165) is 11.3 Å². The molecule has 3 nitrogen and oxygen atoms in total. The zero-order valence-corrected chi connectivity index (χ0v) is 11.2. The van der Waals surface area contributed by atoms with Gasteiger partial charge in [-0.15, -0.1) is 11.8 Å². The SMILES string of the molecule is O=C(O)C1CCSC(c2ccc3ccccc3c2)N1. The molecule has 2 N–H and O–H groups in total. The first-order valence-corrected chi connectivity index (χ1v) is 7.38. The molecule has 2 atom stereocenters. The van der Waals surface area contributed by atoms with Crippen molar-refractivity contribution >= 4 is 28.5 Å². The summed E-state index contributed by atoms with van der Waals surface area (Å²) >= 11 is 1.77.